The molecule has 32 heavy (non-hydrogen) atoms. The van der Waals surface area contributed by atoms with Gasteiger partial charge in [0, 0.05) is 31.4 Å². The third-order valence-electron chi connectivity index (χ3n) is 6.06. The second-order valence-corrected chi connectivity index (χ2v) is 8.26. The number of alkyl carbamates (subject to hydrolysis) is 1. The number of ether oxygens (including phenoxy) is 1. The minimum Gasteiger partial charge on any atom is -0.441 e. The SMILES string of the molecule is NC(=O)c1cc(COC(=O)NC2CC3(CCN(c4cc(C(F)(F)F)ccn4)CC3)C2)on1. The van der Waals surface area contributed by atoms with Gasteiger partial charge in [0.15, 0.2) is 18.1 Å². The Labute approximate surface area is 181 Å². The van der Waals surface area contributed by atoms with E-state index in [1.165, 1.54) is 12.3 Å². The molecule has 3 heterocycles. The number of nitrogens with two attached hydrogens (primary N) is 1. The van der Waals surface area contributed by atoms with Crippen molar-refractivity contribution in [2.24, 2.45) is 11.1 Å². The first-order valence-electron chi connectivity index (χ1n) is 10.1. The summed E-state index contributed by atoms with van der Waals surface area (Å²) >= 11 is 0. The maximum absolute atomic E-state index is 12.9. The van der Waals surface area contributed by atoms with Gasteiger partial charge in [0.25, 0.3) is 5.91 Å². The van der Waals surface area contributed by atoms with Crippen molar-refractivity contribution in [3.63, 3.8) is 0 Å². The minimum atomic E-state index is -4.40. The van der Waals surface area contributed by atoms with Crippen LogP contribution in [0.25, 0.3) is 0 Å². The van der Waals surface area contributed by atoms with Gasteiger partial charge >= 0.3 is 12.3 Å². The number of pyridine rings is 1. The fourth-order valence-electron chi connectivity index (χ4n) is 4.32. The summed E-state index contributed by atoms with van der Waals surface area (Å²) in [5.41, 5.74) is 4.39. The highest BCUT2D eigenvalue weighted by molar-refractivity contribution is 5.90. The molecule has 0 radical (unpaired) electrons. The first-order chi connectivity index (χ1) is 15.1. The fraction of sp³-hybridized carbons (Fsp3) is 0.500. The zero-order chi connectivity index (χ0) is 22.9. The quantitative estimate of drug-likeness (QED) is 0.713. The molecule has 0 aromatic carbocycles. The van der Waals surface area contributed by atoms with Crippen LogP contribution in [-0.4, -0.2) is 41.3 Å². The van der Waals surface area contributed by atoms with Crippen LogP contribution in [0.3, 0.4) is 0 Å². The highest BCUT2D eigenvalue weighted by atomic mass is 19.4. The maximum atomic E-state index is 12.9. The van der Waals surface area contributed by atoms with Crippen molar-refractivity contribution in [1.82, 2.24) is 15.5 Å². The number of hydrogen-bond donors (Lipinski definition) is 2. The first kappa shape index (κ1) is 21.9. The van der Waals surface area contributed by atoms with E-state index in [1.54, 1.807) is 0 Å². The van der Waals surface area contributed by atoms with Crippen LogP contribution in [0.4, 0.5) is 23.8 Å². The highest BCUT2D eigenvalue weighted by Crippen LogP contribution is 2.49. The smallest absolute Gasteiger partial charge is 0.416 e. The van der Waals surface area contributed by atoms with E-state index in [1.807, 2.05) is 4.90 Å². The van der Waals surface area contributed by atoms with E-state index in [-0.39, 0.29) is 29.5 Å². The molecule has 2 aliphatic rings. The van der Waals surface area contributed by atoms with Gasteiger partial charge in [-0.15, -0.1) is 0 Å². The summed E-state index contributed by atoms with van der Waals surface area (Å²) < 4.78 is 48.7. The molecule has 2 amide bonds. The van der Waals surface area contributed by atoms with E-state index in [9.17, 15) is 22.8 Å². The Balaban J connectivity index is 1.21. The van der Waals surface area contributed by atoms with Crippen molar-refractivity contribution in [3.05, 3.63) is 41.4 Å². The number of carbonyl (C=O) groups excluding carboxylic acids is 2. The number of piperidine rings is 1. The van der Waals surface area contributed by atoms with Crippen LogP contribution >= 0.6 is 0 Å². The summed E-state index contributed by atoms with van der Waals surface area (Å²) in [5, 5.41) is 6.25. The standard InChI is InChI=1S/C20H22F3N5O4/c21-20(22,23)12-1-4-25-16(7-12)28-5-2-19(3-6-28)9-13(10-19)26-18(30)31-11-14-8-15(17(24)29)27-32-14/h1,4,7-8,13H,2-3,5-6,9-11H2,(H2,24,29)(H,26,30). The normalized spacial score (nSPS) is 18.3. The van der Waals surface area contributed by atoms with Gasteiger partial charge in [0.05, 0.1) is 5.56 Å². The van der Waals surface area contributed by atoms with Crippen LogP contribution in [0.15, 0.2) is 28.9 Å². The molecule has 3 N–H and O–H groups in total. The van der Waals surface area contributed by atoms with E-state index in [0.717, 1.165) is 37.8 Å². The molecular formula is C20H22F3N5O4. The van der Waals surface area contributed by atoms with Crippen molar-refractivity contribution < 1.29 is 32.0 Å². The Morgan fingerprint density at radius 1 is 1.28 bits per heavy atom. The molecule has 12 heteroatoms. The summed E-state index contributed by atoms with van der Waals surface area (Å²) in [7, 11) is 0. The molecular weight excluding hydrogens is 431 g/mol. The van der Waals surface area contributed by atoms with Gasteiger partial charge in [-0.1, -0.05) is 5.16 Å². The average Bonchev–Trinajstić information content (AvgIpc) is 3.21. The second kappa shape index (κ2) is 8.32. The van der Waals surface area contributed by atoms with Crippen molar-refractivity contribution in [1.29, 1.82) is 0 Å². The van der Waals surface area contributed by atoms with Crippen LogP contribution in [0.2, 0.25) is 0 Å². The zero-order valence-corrected chi connectivity index (χ0v) is 17.0. The molecule has 9 nitrogen and oxygen atoms in total. The van der Waals surface area contributed by atoms with Gasteiger partial charge in [0.1, 0.15) is 5.82 Å². The topological polar surface area (TPSA) is 124 Å². The number of nitrogens with zero attached hydrogens (tertiary/aromatic N) is 3. The summed E-state index contributed by atoms with van der Waals surface area (Å²) in [4.78, 5) is 28.9. The fourth-order valence-corrected chi connectivity index (χ4v) is 4.32. The summed E-state index contributed by atoms with van der Waals surface area (Å²) in [6, 6.07) is 3.33. The van der Waals surface area contributed by atoms with Gasteiger partial charge in [-0.05, 0) is 43.2 Å². The number of primary amides is 1. The van der Waals surface area contributed by atoms with E-state index in [4.69, 9.17) is 15.0 Å². The monoisotopic (exact) mass is 453 g/mol. The Morgan fingerprint density at radius 3 is 2.62 bits per heavy atom. The van der Waals surface area contributed by atoms with Gasteiger partial charge in [-0.25, -0.2) is 9.78 Å². The number of carbonyl (C=O) groups is 2. The molecule has 2 fully saturated rings. The highest BCUT2D eigenvalue weighted by Gasteiger charge is 2.46. The van der Waals surface area contributed by atoms with Crippen molar-refractivity contribution in [2.75, 3.05) is 18.0 Å². The van der Waals surface area contributed by atoms with Crippen LogP contribution in [0.5, 0.6) is 0 Å². The molecule has 0 unspecified atom stereocenters. The third kappa shape index (κ3) is 4.78. The molecule has 172 valence electrons. The van der Waals surface area contributed by atoms with Crippen LogP contribution in [-0.2, 0) is 17.5 Å². The number of hydrogen-bond acceptors (Lipinski definition) is 7. The number of aromatic nitrogens is 2. The summed E-state index contributed by atoms with van der Waals surface area (Å²) in [5.74, 6) is -0.201. The number of nitrogens with one attached hydrogen (secondary N) is 1. The van der Waals surface area contributed by atoms with Crippen LogP contribution in [0, 0.1) is 5.41 Å². The molecule has 2 aromatic rings. The number of anilines is 1. The lowest BCUT2D eigenvalue weighted by Gasteiger charge is -2.52. The number of rotatable bonds is 5. The second-order valence-electron chi connectivity index (χ2n) is 8.26. The lowest BCUT2D eigenvalue weighted by atomic mass is 9.60. The molecule has 1 aliphatic heterocycles. The third-order valence-corrected chi connectivity index (χ3v) is 6.06. The van der Waals surface area contributed by atoms with Crippen molar-refractivity contribution in [2.45, 2.75) is 44.5 Å². The molecule has 1 saturated carbocycles. The Bertz CT molecular complexity index is 993. The minimum absolute atomic E-state index is 0.0309. The van der Waals surface area contributed by atoms with Crippen molar-refractivity contribution >= 4 is 17.8 Å². The van der Waals surface area contributed by atoms with Gasteiger partial charge in [-0.3, -0.25) is 4.79 Å². The van der Waals surface area contributed by atoms with Crippen molar-refractivity contribution in [3.8, 4) is 0 Å². The zero-order valence-electron chi connectivity index (χ0n) is 17.0. The van der Waals surface area contributed by atoms with E-state index >= 15 is 0 Å². The van der Waals surface area contributed by atoms with Crippen LogP contribution in [0.1, 0.15) is 47.5 Å². The molecule has 0 atom stereocenters. The maximum Gasteiger partial charge on any atom is 0.416 e. The molecule has 4 rings (SSSR count). The molecule has 1 aliphatic carbocycles. The molecule has 1 spiro atoms. The summed E-state index contributed by atoms with van der Waals surface area (Å²) in [6.07, 6.45) is -0.635. The lowest BCUT2D eigenvalue weighted by Crippen LogP contribution is -2.55. The number of halogens is 3. The van der Waals surface area contributed by atoms with E-state index in [2.05, 4.69) is 15.5 Å². The first-order valence-corrected chi connectivity index (χ1v) is 10.1. The van der Waals surface area contributed by atoms with Gasteiger partial charge in [-0.2, -0.15) is 13.2 Å². The Kier molecular flexibility index (Phi) is 5.70. The molecule has 2 aromatic heterocycles. The number of amides is 2. The Hall–Kier alpha value is -3.31. The molecule has 1 saturated heterocycles. The summed E-state index contributed by atoms with van der Waals surface area (Å²) in [6.45, 7) is 1.04. The van der Waals surface area contributed by atoms with Crippen LogP contribution < -0.4 is 16.0 Å². The predicted octanol–water partition coefficient (Wildman–Crippen LogP) is 2.86. The van der Waals surface area contributed by atoms with Gasteiger partial charge in [0.2, 0.25) is 0 Å². The van der Waals surface area contributed by atoms with E-state index in [0.29, 0.717) is 18.9 Å². The largest absolute Gasteiger partial charge is 0.441 e. The number of alkyl halides is 3. The predicted molar refractivity (Wildman–Crippen MR) is 104 cm³/mol. The lowest BCUT2D eigenvalue weighted by molar-refractivity contribution is -0.137. The van der Waals surface area contributed by atoms with E-state index < -0.39 is 23.7 Å². The Morgan fingerprint density at radius 2 is 2.00 bits per heavy atom. The van der Waals surface area contributed by atoms with Gasteiger partial charge < -0.3 is 25.2 Å². The average molecular weight is 453 g/mol. The molecule has 0 bridgehead atoms.